The van der Waals surface area contributed by atoms with E-state index >= 15 is 8.78 Å². The summed E-state index contributed by atoms with van der Waals surface area (Å²) in [6.07, 6.45) is -6.23. The number of hydrogen-bond acceptors (Lipinski definition) is 17. The molecule has 5 amide bonds. The molecule has 0 bridgehead atoms. The van der Waals surface area contributed by atoms with E-state index in [1.807, 2.05) is 36.4 Å². The number of urea groups is 2. The van der Waals surface area contributed by atoms with E-state index in [4.69, 9.17) is 13.9 Å². The molecule has 4 aromatic carbocycles. The number of ketones is 1. The normalized spacial score (nSPS) is 19.5. The maximum atomic E-state index is 15.3. The fraction of sp³-hybridized carbons (Fsp3) is 0.492. The van der Waals surface area contributed by atoms with Gasteiger partial charge in [0.15, 0.2) is 25.5 Å². The first kappa shape index (κ1) is 64.9. The highest BCUT2D eigenvalue weighted by molar-refractivity contribution is 7.91. The second-order valence-corrected chi connectivity index (χ2v) is 27.3. The minimum Gasteiger partial charge on any atom is -0.415 e. The smallest absolute Gasteiger partial charge is 0.324 e. The third-order valence-corrected chi connectivity index (χ3v) is 19.9. The topological polar surface area (TPSA) is 232 Å². The van der Waals surface area contributed by atoms with E-state index in [1.54, 1.807) is 17.4 Å². The maximum absolute atomic E-state index is 15.3. The van der Waals surface area contributed by atoms with Gasteiger partial charge in [0.05, 0.1) is 81.2 Å². The quantitative estimate of drug-likeness (QED) is 0.0903. The van der Waals surface area contributed by atoms with Crippen LogP contribution in [0.3, 0.4) is 0 Å². The van der Waals surface area contributed by atoms with Crippen LogP contribution in [-0.2, 0) is 60.1 Å². The summed E-state index contributed by atoms with van der Waals surface area (Å²) in [5, 5.41) is 8.63. The van der Waals surface area contributed by atoms with Gasteiger partial charge in [-0.3, -0.25) is 39.0 Å². The highest BCUT2D eigenvalue weighted by atomic mass is 32.2. The summed E-state index contributed by atoms with van der Waals surface area (Å²) in [7, 11) is -6.47. The lowest BCUT2D eigenvalue weighted by molar-refractivity contribution is -0.131. The average molecular weight is 1290 g/mol. The van der Waals surface area contributed by atoms with Gasteiger partial charge in [-0.15, -0.1) is 10.2 Å². The lowest BCUT2D eigenvalue weighted by Crippen LogP contribution is -2.56. The van der Waals surface area contributed by atoms with Crippen molar-refractivity contribution in [3.8, 4) is 11.5 Å². The lowest BCUT2D eigenvalue weighted by Gasteiger charge is -2.42. The number of benzene rings is 4. The Balaban J connectivity index is 0.000000196. The summed E-state index contributed by atoms with van der Waals surface area (Å²) in [4.78, 5) is 66.1. The van der Waals surface area contributed by atoms with Gasteiger partial charge < -0.3 is 29.0 Å². The van der Waals surface area contributed by atoms with E-state index in [1.165, 1.54) is 43.9 Å². The molecule has 0 saturated carbocycles. The van der Waals surface area contributed by atoms with Crippen LogP contribution >= 0.6 is 0 Å². The minimum absolute atomic E-state index is 0.00890. The van der Waals surface area contributed by atoms with E-state index in [9.17, 15) is 53.6 Å². The first-order valence-corrected chi connectivity index (χ1v) is 32.9. The summed E-state index contributed by atoms with van der Waals surface area (Å²) >= 11 is 0. The Morgan fingerprint density at radius 3 is 1.38 bits per heavy atom. The van der Waals surface area contributed by atoms with Gasteiger partial charge in [-0.25, -0.2) is 35.2 Å². The molecule has 30 heteroatoms. The zero-order valence-corrected chi connectivity index (χ0v) is 50.3. The van der Waals surface area contributed by atoms with Crippen molar-refractivity contribution in [3.63, 3.8) is 0 Å². The van der Waals surface area contributed by atoms with Crippen molar-refractivity contribution in [2.75, 3.05) is 144 Å². The number of ether oxygens (including phenoxy) is 2. The second kappa shape index (κ2) is 28.8. The first-order valence-electron chi connectivity index (χ1n) is 29.2. The summed E-state index contributed by atoms with van der Waals surface area (Å²) in [6, 6.07) is 22.5. The maximum Gasteiger partial charge on any atom is 0.324 e. The zero-order valence-electron chi connectivity index (χ0n) is 48.6. The van der Waals surface area contributed by atoms with Gasteiger partial charge in [-0.2, -0.15) is 17.6 Å². The minimum atomic E-state index is -3.28. The molecule has 0 unspecified atom stereocenters. The van der Waals surface area contributed by atoms with Crippen LogP contribution in [-0.4, -0.2) is 233 Å². The number of nitrogens with one attached hydrogen (secondary N) is 1. The van der Waals surface area contributed by atoms with Crippen LogP contribution < -0.4 is 15.1 Å². The van der Waals surface area contributed by atoms with E-state index < -0.39 is 80.3 Å². The molecule has 480 valence electrons. The van der Waals surface area contributed by atoms with Gasteiger partial charge in [-0.1, -0.05) is 42.5 Å². The van der Waals surface area contributed by atoms with Crippen molar-refractivity contribution < 1.29 is 76.2 Å². The highest BCUT2D eigenvalue weighted by Crippen LogP contribution is 2.29. The molecule has 0 aliphatic carbocycles. The number of Topliss-reactive ketones (excluding diaryl/α,β-unsaturated/α-hetero) is 1. The van der Waals surface area contributed by atoms with E-state index in [2.05, 4.69) is 29.8 Å². The standard InChI is InChI=1S/C30H36F3N5O6S.C29H33F3N6O5S/c31-26-15-22(27(39)16-34-29(40)28(32)33)3-4-23(26)18-38(30(41)37-11-13-45(42,43)14-12-37)24-5-1-21(2-6-24)17-35-7-9-36(10-8-35)25-19-44-20-25;30-25-15-21(27-33-34-28(43-27)26(31)32)3-4-22(25)17-38(29(39)37-11-13-44(40,41)14-12-37)23-5-1-20(2-6-23)16-35-7-9-36(10-8-35)24-18-42-19-24/h1-6,15,25,28H,7-14,16-20H2,(H,34,40);1-6,15,24,26H,7-14,16-19H2. The summed E-state index contributed by atoms with van der Waals surface area (Å²) in [5.74, 6) is -5.58. The third-order valence-electron chi connectivity index (χ3n) is 16.7. The number of rotatable bonds is 18. The number of anilines is 2. The number of amides is 5. The number of carbonyl (C=O) groups is 4. The predicted molar refractivity (Wildman–Crippen MR) is 314 cm³/mol. The largest absolute Gasteiger partial charge is 0.415 e. The number of piperazine rings is 2. The Morgan fingerprint density at radius 2 is 1.00 bits per heavy atom. The van der Waals surface area contributed by atoms with Crippen molar-refractivity contribution in [1.82, 2.24) is 44.9 Å². The predicted octanol–water partition coefficient (Wildman–Crippen LogP) is 4.95. The van der Waals surface area contributed by atoms with Crippen LogP contribution in [0.15, 0.2) is 89.3 Å². The fourth-order valence-electron chi connectivity index (χ4n) is 11.0. The van der Waals surface area contributed by atoms with Gasteiger partial charge >= 0.3 is 24.9 Å². The molecular weight excluding hydrogens is 1220 g/mol. The first-order chi connectivity index (χ1) is 42.6. The molecule has 0 spiro atoms. The van der Waals surface area contributed by atoms with Gasteiger partial charge in [0.25, 0.3) is 11.8 Å². The van der Waals surface area contributed by atoms with E-state index in [0.717, 1.165) is 115 Å². The van der Waals surface area contributed by atoms with Gasteiger partial charge in [0.2, 0.25) is 5.89 Å². The number of nitrogens with zero attached hydrogens (tertiary/aromatic N) is 10. The van der Waals surface area contributed by atoms with Crippen LogP contribution in [0.25, 0.3) is 11.5 Å². The number of aromatic nitrogens is 2. The third kappa shape index (κ3) is 16.9. The van der Waals surface area contributed by atoms with Crippen molar-refractivity contribution in [2.24, 2.45) is 0 Å². The average Bonchev–Trinajstić information content (AvgIpc) is 2.26. The second-order valence-electron chi connectivity index (χ2n) is 22.7. The van der Waals surface area contributed by atoms with Crippen molar-refractivity contribution in [3.05, 3.63) is 130 Å². The number of sulfone groups is 2. The SMILES string of the molecule is O=C(CNC(=O)C(F)F)c1ccc(CN(C(=O)N2CCS(=O)(=O)CC2)c2ccc(CN3CCN(C4COC4)CC3)cc2)c(F)c1.O=C(N1CCS(=O)(=O)CC1)N(Cc1ccc(-c2nnc(C(F)F)o2)cc1F)c1ccc(CN2CCN(C3COC3)CC2)cc1. The molecule has 89 heavy (non-hydrogen) atoms. The lowest BCUT2D eigenvalue weighted by atomic mass is 10.1. The summed E-state index contributed by atoms with van der Waals surface area (Å²) in [5.41, 5.74) is 3.38. The van der Waals surface area contributed by atoms with Crippen molar-refractivity contribution in [2.45, 2.75) is 51.1 Å². The Kier molecular flexibility index (Phi) is 21.0. The Labute approximate surface area is 511 Å². The summed E-state index contributed by atoms with van der Waals surface area (Å²) in [6.45, 7) is 11.4. The Bertz CT molecular complexity index is 3510. The molecule has 5 aromatic rings. The number of carbonyl (C=O) groups excluding carboxylic acids is 4. The zero-order chi connectivity index (χ0) is 63.0. The molecule has 6 aliphatic heterocycles. The van der Waals surface area contributed by atoms with Crippen molar-refractivity contribution >= 4 is 54.8 Å². The van der Waals surface area contributed by atoms with Crippen LogP contribution in [0, 0.1) is 11.6 Å². The number of halogens is 6. The number of hydrogen-bond donors (Lipinski definition) is 1. The van der Waals surface area contributed by atoms with Crippen LogP contribution in [0.5, 0.6) is 0 Å². The fourth-order valence-corrected chi connectivity index (χ4v) is 13.4. The molecule has 22 nitrogen and oxygen atoms in total. The molecule has 6 fully saturated rings. The monoisotopic (exact) mass is 1290 g/mol. The molecule has 1 N–H and O–H groups in total. The molecule has 1 aromatic heterocycles. The Hall–Kier alpha value is -7.06. The molecule has 0 atom stereocenters. The van der Waals surface area contributed by atoms with Crippen LogP contribution in [0.1, 0.15) is 44.9 Å². The van der Waals surface area contributed by atoms with Crippen LogP contribution in [0.2, 0.25) is 0 Å². The van der Waals surface area contributed by atoms with Crippen molar-refractivity contribution in [1.29, 1.82) is 0 Å². The molecule has 0 radical (unpaired) electrons. The van der Waals surface area contributed by atoms with Gasteiger partial charge in [0.1, 0.15) is 11.6 Å². The highest BCUT2D eigenvalue weighted by Gasteiger charge is 2.34. The number of alkyl halides is 4. The van der Waals surface area contributed by atoms with E-state index in [0.29, 0.717) is 23.5 Å². The molecule has 6 saturated heterocycles. The molecule has 7 heterocycles. The van der Waals surface area contributed by atoms with Gasteiger partial charge in [0, 0.05) is 125 Å². The molecular formula is C59H69F6N11O11S2. The van der Waals surface area contributed by atoms with E-state index in [-0.39, 0.29) is 90.4 Å². The molecule has 6 aliphatic rings. The van der Waals surface area contributed by atoms with Crippen LogP contribution in [0.4, 0.5) is 47.3 Å². The Morgan fingerprint density at radius 1 is 0.562 bits per heavy atom. The summed E-state index contributed by atoms with van der Waals surface area (Å²) < 4.78 is 145. The van der Waals surface area contributed by atoms with Gasteiger partial charge in [-0.05, 0) is 53.6 Å². The molecule has 11 rings (SSSR count).